The molecule has 1 amide bonds. The van der Waals surface area contributed by atoms with Crippen molar-refractivity contribution in [1.29, 1.82) is 0 Å². The molecule has 43 heavy (non-hydrogen) atoms. The second-order valence-corrected chi connectivity index (χ2v) is 14.6. The van der Waals surface area contributed by atoms with Gasteiger partial charge in [-0.1, -0.05) is 36.4 Å². The summed E-state index contributed by atoms with van der Waals surface area (Å²) in [6.07, 6.45) is 1.36. The van der Waals surface area contributed by atoms with Crippen molar-refractivity contribution < 1.29 is 22.7 Å². The van der Waals surface area contributed by atoms with E-state index in [1.54, 1.807) is 16.0 Å². The van der Waals surface area contributed by atoms with Gasteiger partial charge in [0.2, 0.25) is 0 Å². The molecule has 4 heterocycles. The van der Waals surface area contributed by atoms with Crippen LogP contribution in [-0.4, -0.2) is 77.4 Å². The summed E-state index contributed by atoms with van der Waals surface area (Å²) in [6.45, 7) is 6.92. The number of aromatic nitrogens is 4. The number of anilines is 1. The van der Waals surface area contributed by atoms with E-state index in [0.717, 1.165) is 40.5 Å². The van der Waals surface area contributed by atoms with Crippen molar-refractivity contribution in [3.05, 3.63) is 64.5 Å². The third-order valence-electron chi connectivity index (χ3n) is 7.49. The number of hydrogen-bond acceptors (Lipinski definition) is 10. The Morgan fingerprint density at radius 1 is 1.16 bits per heavy atom. The summed E-state index contributed by atoms with van der Waals surface area (Å²) in [7, 11) is -2.97. The number of benzene rings is 2. The first kappa shape index (κ1) is 29.3. The number of amides is 1. The second kappa shape index (κ2) is 12.1. The van der Waals surface area contributed by atoms with Gasteiger partial charge in [0, 0.05) is 54.7 Å². The highest BCUT2D eigenvalue weighted by Crippen LogP contribution is 2.42. The Morgan fingerprint density at radius 2 is 1.95 bits per heavy atom. The van der Waals surface area contributed by atoms with Crippen LogP contribution in [0.2, 0.25) is 0 Å². The number of carbonyl (C=O) groups excluding carboxylic acids is 1. The molecule has 2 aromatic heterocycles. The van der Waals surface area contributed by atoms with E-state index in [1.165, 1.54) is 11.8 Å². The van der Waals surface area contributed by atoms with Crippen LogP contribution in [-0.2, 0) is 27.6 Å². The van der Waals surface area contributed by atoms with Crippen molar-refractivity contribution in [3.63, 3.8) is 0 Å². The van der Waals surface area contributed by atoms with Crippen LogP contribution in [0.4, 0.5) is 10.7 Å². The first-order valence-corrected chi connectivity index (χ1v) is 17.1. The Morgan fingerprint density at radius 3 is 2.70 bits per heavy atom. The number of nitrogens with one attached hydrogen (secondary N) is 1. The highest BCUT2D eigenvalue weighted by molar-refractivity contribution is 7.90. The SMILES string of the molecule is CC(C)n1nc(NC(=O)OCc2ccccc2)nc1-c1nc2c(s1)CCOc1cc(C3CN(CCS(C)(=O)=O)C3)ccc1-2. The number of carbonyl (C=O) groups is 1. The molecule has 2 aromatic carbocycles. The predicted octanol–water partition coefficient (Wildman–Crippen LogP) is 4.78. The van der Waals surface area contributed by atoms with E-state index in [4.69, 9.17) is 14.5 Å². The molecule has 1 saturated heterocycles. The number of rotatable bonds is 9. The highest BCUT2D eigenvalue weighted by atomic mass is 32.2. The molecular formula is C30H34N6O5S2. The van der Waals surface area contributed by atoms with Crippen LogP contribution >= 0.6 is 11.3 Å². The third kappa shape index (κ3) is 6.73. The zero-order valence-electron chi connectivity index (χ0n) is 24.3. The van der Waals surface area contributed by atoms with Gasteiger partial charge in [0.25, 0.3) is 5.95 Å². The van der Waals surface area contributed by atoms with Crippen molar-refractivity contribution in [2.45, 2.75) is 38.8 Å². The standard InChI is InChI=1S/C30H34N6O5S2/c1-19(2)36-27(32-29(34-36)33-30(37)41-18-20-7-5-4-6-8-20)28-31-26-23-10-9-21(15-24(23)40-13-11-25(26)42-28)22-16-35(17-22)12-14-43(3,38)39/h4-10,15,19,22H,11-14,16-18H2,1-3H3,(H,33,34,37). The molecule has 0 saturated carbocycles. The van der Waals surface area contributed by atoms with E-state index in [-0.39, 0.29) is 24.3 Å². The Balaban J connectivity index is 1.18. The van der Waals surface area contributed by atoms with Crippen LogP contribution < -0.4 is 10.1 Å². The van der Waals surface area contributed by atoms with Gasteiger partial charge in [-0.15, -0.1) is 16.4 Å². The molecule has 6 rings (SSSR count). The van der Waals surface area contributed by atoms with Crippen LogP contribution in [0.25, 0.3) is 22.1 Å². The van der Waals surface area contributed by atoms with Crippen LogP contribution in [0.1, 0.15) is 41.8 Å². The molecule has 0 radical (unpaired) electrons. The number of ether oxygens (including phenoxy) is 2. The van der Waals surface area contributed by atoms with E-state index in [9.17, 15) is 13.2 Å². The fourth-order valence-electron chi connectivity index (χ4n) is 5.18. The number of sulfone groups is 1. The summed E-state index contributed by atoms with van der Waals surface area (Å²) in [4.78, 5) is 25.4. The first-order valence-electron chi connectivity index (χ1n) is 14.2. The molecule has 13 heteroatoms. The minimum absolute atomic E-state index is 0.0141. The van der Waals surface area contributed by atoms with Crippen molar-refractivity contribution in [3.8, 4) is 27.8 Å². The third-order valence-corrected chi connectivity index (χ3v) is 9.53. The minimum Gasteiger partial charge on any atom is -0.492 e. The van der Waals surface area contributed by atoms with Crippen molar-refractivity contribution in [1.82, 2.24) is 24.6 Å². The maximum atomic E-state index is 12.5. The summed E-state index contributed by atoms with van der Waals surface area (Å²) in [5.41, 5.74) is 3.88. The van der Waals surface area contributed by atoms with Crippen LogP contribution in [0.5, 0.6) is 5.75 Å². The summed E-state index contributed by atoms with van der Waals surface area (Å²) >= 11 is 1.56. The quantitative estimate of drug-likeness (QED) is 0.281. The van der Waals surface area contributed by atoms with Gasteiger partial charge in [-0.05, 0) is 37.1 Å². The Kier molecular flexibility index (Phi) is 8.21. The van der Waals surface area contributed by atoms with Crippen molar-refractivity contribution >= 4 is 33.2 Å². The number of hydrogen-bond donors (Lipinski definition) is 1. The van der Waals surface area contributed by atoms with Crippen LogP contribution in [0, 0.1) is 0 Å². The van der Waals surface area contributed by atoms with E-state index < -0.39 is 15.9 Å². The smallest absolute Gasteiger partial charge is 0.414 e. The lowest BCUT2D eigenvalue weighted by molar-refractivity contribution is 0.155. The molecule has 0 bridgehead atoms. The molecular weight excluding hydrogens is 589 g/mol. The fourth-order valence-corrected chi connectivity index (χ4v) is 6.81. The molecule has 0 unspecified atom stereocenters. The average molecular weight is 623 g/mol. The lowest BCUT2D eigenvalue weighted by Crippen LogP contribution is -2.46. The number of likely N-dealkylation sites (tertiary alicyclic amines) is 1. The molecule has 0 atom stereocenters. The van der Waals surface area contributed by atoms with Gasteiger partial charge in [0.1, 0.15) is 22.2 Å². The highest BCUT2D eigenvalue weighted by Gasteiger charge is 2.30. The van der Waals surface area contributed by atoms with Gasteiger partial charge >= 0.3 is 6.09 Å². The minimum atomic E-state index is -2.97. The van der Waals surface area contributed by atoms with Crippen molar-refractivity contribution in [2.75, 3.05) is 43.6 Å². The normalized spacial score (nSPS) is 15.3. The summed E-state index contributed by atoms with van der Waals surface area (Å²) in [6, 6.07) is 15.7. The van der Waals surface area contributed by atoms with Gasteiger partial charge in [-0.3, -0.25) is 5.32 Å². The molecule has 226 valence electrons. The van der Waals surface area contributed by atoms with Gasteiger partial charge in [-0.2, -0.15) is 4.98 Å². The maximum absolute atomic E-state index is 12.5. The fraction of sp³-hybridized carbons (Fsp3) is 0.400. The van der Waals surface area contributed by atoms with Gasteiger partial charge in [0.05, 0.1) is 18.1 Å². The van der Waals surface area contributed by atoms with E-state index in [1.807, 2.05) is 44.2 Å². The number of thiazole rings is 1. The van der Waals surface area contributed by atoms with Gasteiger partial charge in [0.15, 0.2) is 10.8 Å². The molecule has 0 aliphatic carbocycles. The summed E-state index contributed by atoms with van der Waals surface area (Å²) < 4.78 is 36.3. The Hall–Kier alpha value is -3.81. The van der Waals surface area contributed by atoms with E-state index in [0.29, 0.717) is 36.3 Å². The average Bonchev–Trinajstić information content (AvgIpc) is 3.52. The Labute approximate surface area is 254 Å². The molecule has 4 aromatic rings. The van der Waals surface area contributed by atoms with Crippen LogP contribution in [0.15, 0.2) is 48.5 Å². The zero-order valence-corrected chi connectivity index (χ0v) is 26.0. The molecule has 1 N–H and O–H groups in total. The van der Waals surface area contributed by atoms with E-state index >= 15 is 0 Å². The van der Waals surface area contributed by atoms with Gasteiger partial charge in [-0.25, -0.2) is 22.9 Å². The zero-order chi connectivity index (χ0) is 30.1. The topological polar surface area (TPSA) is 129 Å². The van der Waals surface area contributed by atoms with Crippen molar-refractivity contribution in [2.24, 2.45) is 0 Å². The first-order chi connectivity index (χ1) is 20.6. The molecule has 0 spiro atoms. The molecule has 2 aliphatic rings. The number of nitrogens with zero attached hydrogens (tertiary/aromatic N) is 5. The second-order valence-electron chi connectivity index (χ2n) is 11.2. The maximum Gasteiger partial charge on any atom is 0.414 e. The van der Waals surface area contributed by atoms with Gasteiger partial charge < -0.3 is 14.4 Å². The van der Waals surface area contributed by atoms with Crippen LogP contribution in [0.3, 0.4) is 0 Å². The molecule has 11 nitrogen and oxygen atoms in total. The Bertz CT molecular complexity index is 1730. The summed E-state index contributed by atoms with van der Waals surface area (Å²) in [5.74, 6) is 2.07. The monoisotopic (exact) mass is 622 g/mol. The molecule has 2 aliphatic heterocycles. The lowest BCUT2D eigenvalue weighted by atomic mass is 9.90. The summed E-state index contributed by atoms with van der Waals surface area (Å²) in [5, 5.41) is 7.90. The predicted molar refractivity (Wildman–Crippen MR) is 165 cm³/mol. The largest absolute Gasteiger partial charge is 0.492 e. The van der Waals surface area contributed by atoms with E-state index in [2.05, 4.69) is 38.5 Å². The number of fused-ring (bicyclic) bond motifs is 3. The lowest BCUT2D eigenvalue weighted by Gasteiger charge is -2.39. The molecule has 1 fully saturated rings.